The molecule has 0 amide bonds. The summed E-state index contributed by atoms with van der Waals surface area (Å²) in [4.78, 5) is 16.8. The Bertz CT molecular complexity index is 639. The number of piperazine rings is 1. The fraction of sp³-hybridized carbons (Fsp3) is 0.727. The van der Waals surface area contributed by atoms with Crippen LogP contribution >= 0.6 is 0 Å². The second kappa shape index (κ2) is 7.79. The lowest BCUT2D eigenvalue weighted by Gasteiger charge is -2.26. The Morgan fingerprint density at radius 2 is 2.09 bits per heavy atom. The molecule has 130 valence electrons. The van der Waals surface area contributed by atoms with Gasteiger partial charge in [0.25, 0.3) is 10.2 Å². The molecule has 0 aromatic carbocycles. The zero-order chi connectivity index (χ0) is 16.9. The number of nitrogens with two attached hydrogens (primary N) is 1. The second-order valence-electron chi connectivity index (χ2n) is 5.26. The zero-order valence-electron chi connectivity index (χ0n) is 12.6. The molecule has 4 N–H and O–H groups in total. The van der Waals surface area contributed by atoms with E-state index in [2.05, 4.69) is 19.9 Å². The smallest absolute Gasteiger partial charge is 0.390 e. The molecule has 0 saturated carbocycles. The van der Waals surface area contributed by atoms with E-state index in [0.717, 1.165) is 32.7 Å². The molecular weight excluding hydrogens is 326 g/mol. The topological polar surface area (TPSA) is 148 Å². The molecule has 1 aliphatic heterocycles. The highest BCUT2D eigenvalue weighted by atomic mass is 32.2. The minimum Gasteiger partial charge on any atom is -0.390 e. The van der Waals surface area contributed by atoms with Crippen molar-refractivity contribution in [3.05, 3.63) is 22.0 Å². The van der Waals surface area contributed by atoms with Crippen molar-refractivity contribution in [3.63, 3.8) is 0 Å². The van der Waals surface area contributed by atoms with E-state index in [9.17, 15) is 18.5 Å². The predicted octanol–water partition coefficient (Wildman–Crippen LogP) is -1.97. The highest BCUT2D eigenvalue weighted by Crippen LogP contribution is 2.12. The Balaban J connectivity index is 1.95. The van der Waals surface area contributed by atoms with Crippen LogP contribution in [-0.4, -0.2) is 67.1 Å². The van der Waals surface area contributed by atoms with Crippen LogP contribution in [0.2, 0.25) is 0 Å². The third kappa shape index (κ3) is 5.84. The van der Waals surface area contributed by atoms with Crippen molar-refractivity contribution in [2.24, 2.45) is 5.14 Å². The van der Waals surface area contributed by atoms with E-state index in [1.54, 1.807) is 6.20 Å². The van der Waals surface area contributed by atoms with Gasteiger partial charge in [0.15, 0.2) is 5.69 Å². The maximum absolute atomic E-state index is 11.0. The first-order chi connectivity index (χ1) is 10.8. The number of nitro groups is 1. The third-order valence-corrected chi connectivity index (χ3v) is 4.12. The first-order valence-corrected chi connectivity index (χ1v) is 8.81. The Labute approximate surface area is 134 Å². The van der Waals surface area contributed by atoms with Gasteiger partial charge in [0.2, 0.25) is 0 Å². The highest BCUT2D eigenvalue weighted by molar-refractivity contribution is 7.87. The van der Waals surface area contributed by atoms with E-state index >= 15 is 0 Å². The van der Waals surface area contributed by atoms with Gasteiger partial charge in [-0.2, -0.15) is 13.1 Å². The molecule has 1 saturated heterocycles. The van der Waals surface area contributed by atoms with Gasteiger partial charge in [0, 0.05) is 45.7 Å². The van der Waals surface area contributed by atoms with Crippen LogP contribution in [0.4, 0.5) is 5.95 Å². The van der Waals surface area contributed by atoms with E-state index in [-0.39, 0.29) is 19.0 Å². The van der Waals surface area contributed by atoms with Gasteiger partial charge in [0.05, 0.1) is 6.54 Å². The summed E-state index contributed by atoms with van der Waals surface area (Å²) in [6, 6.07) is 0. The zero-order valence-corrected chi connectivity index (χ0v) is 13.5. The second-order valence-corrected chi connectivity index (χ2v) is 6.64. The van der Waals surface area contributed by atoms with Gasteiger partial charge in [-0.3, -0.25) is 0 Å². The summed E-state index contributed by atoms with van der Waals surface area (Å²) in [6.07, 6.45) is 2.20. The molecule has 2 heterocycles. The van der Waals surface area contributed by atoms with Gasteiger partial charge >= 0.3 is 5.95 Å². The maximum atomic E-state index is 11.0. The first kappa shape index (κ1) is 17.7. The Morgan fingerprint density at radius 3 is 2.70 bits per heavy atom. The average molecular weight is 347 g/mol. The molecule has 23 heavy (non-hydrogen) atoms. The van der Waals surface area contributed by atoms with E-state index in [4.69, 9.17) is 5.14 Å². The first-order valence-electron chi connectivity index (χ1n) is 7.26. The van der Waals surface area contributed by atoms with E-state index in [1.165, 1.54) is 4.57 Å². The molecule has 1 fully saturated rings. The molecule has 1 aromatic rings. The van der Waals surface area contributed by atoms with Crippen molar-refractivity contribution in [2.75, 3.05) is 39.3 Å². The highest BCUT2D eigenvalue weighted by Gasteiger charge is 2.20. The molecule has 1 aliphatic rings. The minimum absolute atomic E-state index is 0.0345. The quantitative estimate of drug-likeness (QED) is 0.365. The lowest BCUT2D eigenvalue weighted by atomic mass is 10.3. The number of aromatic nitrogens is 2. The van der Waals surface area contributed by atoms with Crippen LogP contribution in [0.25, 0.3) is 0 Å². The molecule has 1 aromatic heterocycles. The monoisotopic (exact) mass is 347 g/mol. The van der Waals surface area contributed by atoms with Crippen LogP contribution in [0.3, 0.4) is 0 Å². The molecule has 0 bridgehead atoms. The molecule has 12 heteroatoms. The van der Waals surface area contributed by atoms with Crippen LogP contribution in [0.15, 0.2) is 6.20 Å². The number of rotatable bonds is 8. The summed E-state index contributed by atoms with van der Waals surface area (Å²) in [5.41, 5.74) is 0.617. The van der Waals surface area contributed by atoms with Gasteiger partial charge in [0.1, 0.15) is 6.20 Å². The standard InChI is InChI=1S/C11H21N7O4S/c12-23(21,22)14-4-8-17-9-10(15-11(17)18(19)20)1-5-16-6-2-13-3-7-16/h9,13-14H,1-8H2,(H2,12,21,22). The molecular formula is C11H21N7O4S. The fourth-order valence-electron chi connectivity index (χ4n) is 2.41. The minimum atomic E-state index is -3.81. The fourth-order valence-corrected chi connectivity index (χ4v) is 2.78. The van der Waals surface area contributed by atoms with Gasteiger partial charge in [-0.25, -0.2) is 9.71 Å². The van der Waals surface area contributed by atoms with Crippen LogP contribution in [0.5, 0.6) is 0 Å². The number of hydrogen-bond acceptors (Lipinski definition) is 7. The molecule has 0 unspecified atom stereocenters. The van der Waals surface area contributed by atoms with Gasteiger partial charge in [-0.1, -0.05) is 4.98 Å². The number of hydrogen-bond donors (Lipinski definition) is 3. The summed E-state index contributed by atoms with van der Waals surface area (Å²) >= 11 is 0. The van der Waals surface area contributed by atoms with Crippen molar-refractivity contribution in [3.8, 4) is 0 Å². The van der Waals surface area contributed by atoms with Crippen molar-refractivity contribution in [2.45, 2.75) is 13.0 Å². The summed E-state index contributed by atoms with van der Waals surface area (Å²) in [5.74, 6) is -0.295. The van der Waals surface area contributed by atoms with E-state index < -0.39 is 15.1 Å². The van der Waals surface area contributed by atoms with Crippen LogP contribution in [0, 0.1) is 10.1 Å². The van der Waals surface area contributed by atoms with E-state index in [1.807, 2.05) is 0 Å². The van der Waals surface area contributed by atoms with Crippen LogP contribution < -0.4 is 15.2 Å². The van der Waals surface area contributed by atoms with Crippen molar-refractivity contribution in [1.82, 2.24) is 24.5 Å². The van der Waals surface area contributed by atoms with Crippen molar-refractivity contribution in [1.29, 1.82) is 0 Å². The molecule has 0 atom stereocenters. The number of imidazole rings is 1. The predicted molar refractivity (Wildman–Crippen MR) is 83.0 cm³/mol. The van der Waals surface area contributed by atoms with E-state index in [0.29, 0.717) is 12.1 Å². The Hall–Kier alpha value is -1.60. The van der Waals surface area contributed by atoms with Gasteiger partial charge < -0.3 is 20.3 Å². The SMILES string of the molecule is NS(=O)(=O)NCCn1cc(CCN2CCNCC2)nc1[N+](=O)[O-]. The van der Waals surface area contributed by atoms with Crippen molar-refractivity contribution < 1.29 is 13.3 Å². The molecule has 2 rings (SSSR count). The number of nitrogens with one attached hydrogen (secondary N) is 2. The summed E-state index contributed by atoms with van der Waals surface area (Å²) in [7, 11) is -3.81. The summed E-state index contributed by atoms with van der Waals surface area (Å²) < 4.78 is 25.1. The summed E-state index contributed by atoms with van der Waals surface area (Å²) in [5, 5.41) is 19.1. The molecule has 0 aliphatic carbocycles. The normalized spacial score (nSPS) is 16.6. The molecule has 0 radical (unpaired) electrons. The number of nitrogens with zero attached hydrogens (tertiary/aromatic N) is 4. The van der Waals surface area contributed by atoms with Gasteiger partial charge in [-0.05, 0) is 4.92 Å². The lowest BCUT2D eigenvalue weighted by molar-refractivity contribution is -0.396. The lowest BCUT2D eigenvalue weighted by Crippen LogP contribution is -2.44. The van der Waals surface area contributed by atoms with Crippen LogP contribution in [-0.2, 0) is 23.2 Å². The molecule has 11 nitrogen and oxygen atoms in total. The van der Waals surface area contributed by atoms with Crippen LogP contribution in [0.1, 0.15) is 5.69 Å². The Morgan fingerprint density at radius 1 is 1.39 bits per heavy atom. The largest absolute Gasteiger partial charge is 0.434 e. The third-order valence-electron chi connectivity index (χ3n) is 3.52. The Kier molecular flexibility index (Phi) is 6.01. The van der Waals surface area contributed by atoms with Gasteiger partial charge in [-0.15, -0.1) is 0 Å². The van der Waals surface area contributed by atoms with Crippen molar-refractivity contribution >= 4 is 16.2 Å². The molecule has 0 spiro atoms. The average Bonchev–Trinajstić information content (AvgIpc) is 2.88. The maximum Gasteiger partial charge on any atom is 0.434 e. The summed E-state index contributed by atoms with van der Waals surface area (Å²) in [6.45, 7) is 4.61.